The summed E-state index contributed by atoms with van der Waals surface area (Å²) in [4.78, 5) is 34.6. The van der Waals surface area contributed by atoms with Gasteiger partial charge in [0, 0.05) is 10.0 Å². The fraction of sp³-hybridized carbons (Fsp3) is 0.308. The molecule has 0 aliphatic rings. The third-order valence-electron chi connectivity index (χ3n) is 2.65. The highest BCUT2D eigenvalue weighted by atomic mass is 79.9. The van der Waals surface area contributed by atoms with E-state index < -0.39 is 23.9 Å². The third kappa shape index (κ3) is 5.42. The Morgan fingerprint density at radius 3 is 2.14 bits per heavy atom. The van der Waals surface area contributed by atoms with Gasteiger partial charge in [-0.05, 0) is 30.2 Å². The van der Waals surface area contributed by atoms with Crippen LogP contribution in [0.5, 0.6) is 0 Å². The van der Waals surface area contributed by atoms with Crippen molar-refractivity contribution in [3.05, 3.63) is 34.3 Å². The zero-order valence-electron chi connectivity index (χ0n) is 11.6. The smallest absolute Gasteiger partial charge is 0.312 e. The van der Waals surface area contributed by atoms with Crippen molar-refractivity contribution in [2.75, 3.05) is 0 Å². The van der Waals surface area contributed by atoms with Crippen LogP contribution in [0.25, 0.3) is 0 Å². The van der Waals surface area contributed by atoms with Crippen LogP contribution in [-0.4, -0.2) is 23.9 Å². The SMILES string of the molecule is CC(C)[C@@H](NC(N)=O)C(=O)NNC(=O)c1ccc(Br)cc1. The highest BCUT2D eigenvalue weighted by Gasteiger charge is 2.23. The van der Waals surface area contributed by atoms with Gasteiger partial charge in [-0.1, -0.05) is 29.8 Å². The number of hydrazine groups is 1. The number of hydrogen-bond acceptors (Lipinski definition) is 3. The number of halogens is 1. The zero-order valence-corrected chi connectivity index (χ0v) is 13.2. The summed E-state index contributed by atoms with van der Waals surface area (Å²) in [6, 6.07) is 5.00. The van der Waals surface area contributed by atoms with Gasteiger partial charge in [0.25, 0.3) is 11.8 Å². The van der Waals surface area contributed by atoms with Crippen molar-refractivity contribution in [3.8, 4) is 0 Å². The molecule has 0 saturated carbocycles. The number of rotatable bonds is 4. The van der Waals surface area contributed by atoms with Crippen LogP contribution in [0.2, 0.25) is 0 Å². The molecule has 114 valence electrons. The summed E-state index contributed by atoms with van der Waals surface area (Å²) < 4.78 is 0.841. The summed E-state index contributed by atoms with van der Waals surface area (Å²) >= 11 is 3.26. The Labute approximate surface area is 130 Å². The Morgan fingerprint density at radius 1 is 1.10 bits per heavy atom. The number of carbonyl (C=O) groups excluding carboxylic acids is 3. The van der Waals surface area contributed by atoms with Crippen LogP contribution in [0.15, 0.2) is 28.7 Å². The first kappa shape index (κ1) is 17.0. The average molecular weight is 357 g/mol. The number of amides is 4. The maximum absolute atomic E-state index is 11.9. The molecular formula is C13H17BrN4O3. The highest BCUT2D eigenvalue weighted by Crippen LogP contribution is 2.10. The molecular weight excluding hydrogens is 340 g/mol. The molecule has 0 fully saturated rings. The van der Waals surface area contributed by atoms with E-state index in [2.05, 4.69) is 32.1 Å². The third-order valence-corrected chi connectivity index (χ3v) is 3.18. The van der Waals surface area contributed by atoms with E-state index in [0.717, 1.165) is 4.47 Å². The number of primary amides is 1. The molecule has 1 aromatic carbocycles. The number of nitrogens with one attached hydrogen (secondary N) is 3. The summed E-state index contributed by atoms with van der Waals surface area (Å²) in [5.41, 5.74) is 9.94. The van der Waals surface area contributed by atoms with Gasteiger partial charge in [-0.2, -0.15) is 0 Å². The summed E-state index contributed by atoms with van der Waals surface area (Å²) in [5.74, 6) is -1.19. The lowest BCUT2D eigenvalue weighted by Gasteiger charge is -2.20. The Kier molecular flexibility index (Phi) is 6.16. The molecule has 0 heterocycles. The second kappa shape index (κ2) is 7.63. The highest BCUT2D eigenvalue weighted by molar-refractivity contribution is 9.10. The first-order valence-electron chi connectivity index (χ1n) is 6.23. The minimum Gasteiger partial charge on any atom is -0.352 e. The van der Waals surface area contributed by atoms with Crippen molar-refractivity contribution in [1.82, 2.24) is 16.2 Å². The van der Waals surface area contributed by atoms with E-state index >= 15 is 0 Å². The fourth-order valence-corrected chi connectivity index (χ4v) is 1.82. The van der Waals surface area contributed by atoms with Gasteiger partial charge in [0.2, 0.25) is 0 Å². The van der Waals surface area contributed by atoms with Crippen molar-refractivity contribution >= 4 is 33.8 Å². The molecule has 21 heavy (non-hydrogen) atoms. The summed E-state index contributed by atoms with van der Waals surface area (Å²) in [6.45, 7) is 3.49. The normalized spacial score (nSPS) is 11.6. The van der Waals surface area contributed by atoms with Gasteiger partial charge >= 0.3 is 6.03 Å². The van der Waals surface area contributed by atoms with E-state index in [1.54, 1.807) is 38.1 Å². The molecule has 0 aromatic heterocycles. The van der Waals surface area contributed by atoms with Crippen LogP contribution in [0.3, 0.4) is 0 Å². The first-order chi connectivity index (χ1) is 9.81. The lowest BCUT2D eigenvalue weighted by atomic mass is 10.0. The second-order valence-electron chi connectivity index (χ2n) is 4.68. The van der Waals surface area contributed by atoms with Crippen molar-refractivity contribution in [2.45, 2.75) is 19.9 Å². The largest absolute Gasteiger partial charge is 0.352 e. The minimum atomic E-state index is -0.826. The molecule has 8 heteroatoms. The number of nitrogens with two attached hydrogens (primary N) is 1. The van der Waals surface area contributed by atoms with Gasteiger partial charge in [-0.3, -0.25) is 20.4 Å². The van der Waals surface area contributed by atoms with Gasteiger partial charge < -0.3 is 11.1 Å². The molecule has 0 aliphatic heterocycles. The molecule has 1 aromatic rings. The van der Waals surface area contributed by atoms with Gasteiger partial charge in [0.15, 0.2) is 0 Å². The van der Waals surface area contributed by atoms with Crippen LogP contribution >= 0.6 is 15.9 Å². The quantitative estimate of drug-likeness (QED) is 0.601. The fourth-order valence-electron chi connectivity index (χ4n) is 1.56. The van der Waals surface area contributed by atoms with Crippen molar-refractivity contribution in [2.24, 2.45) is 11.7 Å². The van der Waals surface area contributed by atoms with E-state index in [1.165, 1.54) is 0 Å². The van der Waals surface area contributed by atoms with E-state index in [4.69, 9.17) is 5.73 Å². The molecule has 0 aliphatic carbocycles. The minimum absolute atomic E-state index is 0.179. The average Bonchev–Trinajstić information content (AvgIpc) is 2.42. The van der Waals surface area contributed by atoms with E-state index in [0.29, 0.717) is 5.56 Å². The molecule has 0 saturated heterocycles. The molecule has 4 amide bonds. The second-order valence-corrected chi connectivity index (χ2v) is 5.60. The van der Waals surface area contributed by atoms with E-state index in [1.807, 2.05) is 0 Å². The predicted octanol–water partition coefficient (Wildman–Crippen LogP) is 0.903. The Hall–Kier alpha value is -2.09. The van der Waals surface area contributed by atoms with Crippen molar-refractivity contribution in [1.29, 1.82) is 0 Å². The lowest BCUT2D eigenvalue weighted by Crippen LogP contribution is -2.55. The van der Waals surface area contributed by atoms with Gasteiger partial charge in [0.05, 0.1) is 0 Å². The number of carbonyl (C=O) groups is 3. The van der Waals surface area contributed by atoms with E-state index in [9.17, 15) is 14.4 Å². The van der Waals surface area contributed by atoms with Gasteiger partial charge in [-0.25, -0.2) is 4.79 Å². The molecule has 0 radical (unpaired) electrons. The van der Waals surface area contributed by atoms with Gasteiger partial charge in [-0.15, -0.1) is 0 Å². The number of urea groups is 1. The summed E-state index contributed by atoms with van der Waals surface area (Å²) in [5, 5.41) is 2.32. The molecule has 0 unspecified atom stereocenters. The standard InChI is InChI=1S/C13H17BrN4O3/c1-7(2)10(16-13(15)21)12(20)18-17-11(19)8-3-5-9(14)6-4-8/h3-7,10H,1-2H3,(H,17,19)(H,18,20)(H3,15,16,21)/t10-/m1/s1. The molecule has 1 rings (SSSR count). The molecule has 7 nitrogen and oxygen atoms in total. The summed E-state index contributed by atoms with van der Waals surface area (Å²) in [6.07, 6.45) is 0. The number of hydrogen-bond donors (Lipinski definition) is 4. The Morgan fingerprint density at radius 2 is 1.67 bits per heavy atom. The zero-order chi connectivity index (χ0) is 16.0. The van der Waals surface area contributed by atoms with Crippen LogP contribution in [-0.2, 0) is 4.79 Å². The lowest BCUT2D eigenvalue weighted by molar-refractivity contribution is -0.124. The van der Waals surface area contributed by atoms with Gasteiger partial charge in [0.1, 0.15) is 6.04 Å². The van der Waals surface area contributed by atoms with Crippen LogP contribution in [0.1, 0.15) is 24.2 Å². The van der Waals surface area contributed by atoms with E-state index in [-0.39, 0.29) is 5.92 Å². The van der Waals surface area contributed by atoms with Crippen molar-refractivity contribution in [3.63, 3.8) is 0 Å². The predicted molar refractivity (Wildman–Crippen MR) is 81.1 cm³/mol. The topological polar surface area (TPSA) is 113 Å². The van der Waals surface area contributed by atoms with Crippen LogP contribution in [0, 0.1) is 5.92 Å². The monoisotopic (exact) mass is 356 g/mol. The van der Waals surface area contributed by atoms with Crippen LogP contribution < -0.4 is 21.9 Å². The molecule has 0 spiro atoms. The molecule has 1 atom stereocenters. The summed E-state index contributed by atoms with van der Waals surface area (Å²) in [7, 11) is 0. The van der Waals surface area contributed by atoms with Crippen LogP contribution in [0.4, 0.5) is 4.79 Å². The maximum atomic E-state index is 11.9. The Bertz CT molecular complexity index is 531. The maximum Gasteiger partial charge on any atom is 0.312 e. The molecule has 5 N–H and O–H groups in total. The first-order valence-corrected chi connectivity index (χ1v) is 7.02. The van der Waals surface area contributed by atoms with Crippen molar-refractivity contribution < 1.29 is 14.4 Å². The number of benzene rings is 1. The Balaban J connectivity index is 2.60. The molecule has 0 bridgehead atoms.